The Morgan fingerprint density at radius 2 is 1.73 bits per heavy atom. The fourth-order valence-electron chi connectivity index (χ4n) is 3.29. The third-order valence-corrected chi connectivity index (χ3v) is 4.41. The van der Waals surface area contributed by atoms with E-state index >= 15 is 0 Å². The second kappa shape index (κ2) is 7.58. The minimum absolute atomic E-state index is 0.309. The highest BCUT2D eigenvalue weighted by atomic mass is 19.4. The van der Waals surface area contributed by atoms with Gasteiger partial charge in [0, 0.05) is 6.54 Å². The highest BCUT2D eigenvalue weighted by Gasteiger charge is 2.32. The highest BCUT2D eigenvalue weighted by molar-refractivity contribution is 5.52. The second-order valence-corrected chi connectivity index (χ2v) is 6.12. The molecule has 1 N–H and O–H groups in total. The van der Waals surface area contributed by atoms with Crippen molar-refractivity contribution in [3.05, 3.63) is 58.7 Å². The molecule has 0 aromatic heterocycles. The summed E-state index contributed by atoms with van der Waals surface area (Å²) in [6, 6.07) is 9.01. The molecule has 0 saturated carbocycles. The van der Waals surface area contributed by atoms with E-state index in [1.165, 1.54) is 12.1 Å². The first-order valence-electron chi connectivity index (χ1n) is 8.77. The molecule has 140 valence electrons. The van der Waals surface area contributed by atoms with E-state index in [4.69, 9.17) is 9.47 Å². The van der Waals surface area contributed by atoms with Gasteiger partial charge in [0.1, 0.15) is 0 Å². The smallest absolute Gasteiger partial charge is 0.416 e. The SMILES string of the molecule is CCOc1cc2c(cc1OCC)[C@H](c1cccc(C(F)(F)F)c1)NCC2. The van der Waals surface area contributed by atoms with Crippen LogP contribution in [0.3, 0.4) is 0 Å². The van der Waals surface area contributed by atoms with Crippen LogP contribution in [0.5, 0.6) is 11.5 Å². The Labute approximate surface area is 151 Å². The van der Waals surface area contributed by atoms with Crippen LogP contribution in [0.25, 0.3) is 0 Å². The van der Waals surface area contributed by atoms with Gasteiger partial charge < -0.3 is 14.8 Å². The predicted octanol–water partition coefficient (Wildman–Crippen LogP) is 4.74. The van der Waals surface area contributed by atoms with Gasteiger partial charge in [-0.1, -0.05) is 12.1 Å². The summed E-state index contributed by atoms with van der Waals surface area (Å²) < 4.78 is 50.6. The Morgan fingerprint density at radius 3 is 2.38 bits per heavy atom. The topological polar surface area (TPSA) is 30.5 Å². The van der Waals surface area contributed by atoms with Crippen molar-refractivity contribution < 1.29 is 22.6 Å². The van der Waals surface area contributed by atoms with Crippen molar-refractivity contribution in [1.29, 1.82) is 0 Å². The lowest BCUT2D eigenvalue weighted by molar-refractivity contribution is -0.137. The molecule has 0 fully saturated rings. The summed E-state index contributed by atoms with van der Waals surface area (Å²) in [4.78, 5) is 0. The molecule has 2 aromatic carbocycles. The zero-order chi connectivity index (χ0) is 18.7. The molecule has 26 heavy (non-hydrogen) atoms. The Bertz CT molecular complexity index is 774. The molecule has 2 aromatic rings. The molecule has 6 heteroatoms. The second-order valence-electron chi connectivity index (χ2n) is 6.12. The van der Waals surface area contributed by atoms with Gasteiger partial charge in [0.2, 0.25) is 0 Å². The number of rotatable bonds is 5. The summed E-state index contributed by atoms with van der Waals surface area (Å²) in [5.74, 6) is 1.30. The quantitative estimate of drug-likeness (QED) is 0.830. The van der Waals surface area contributed by atoms with Crippen LogP contribution in [0.1, 0.15) is 42.1 Å². The first-order chi connectivity index (χ1) is 12.4. The van der Waals surface area contributed by atoms with Crippen LogP contribution in [-0.4, -0.2) is 19.8 Å². The Hall–Kier alpha value is -2.21. The zero-order valence-electron chi connectivity index (χ0n) is 14.8. The Balaban J connectivity index is 2.04. The minimum Gasteiger partial charge on any atom is -0.490 e. The summed E-state index contributed by atoms with van der Waals surface area (Å²) in [5.41, 5.74) is 1.95. The number of hydrogen-bond acceptors (Lipinski definition) is 3. The molecule has 0 spiro atoms. The predicted molar refractivity (Wildman–Crippen MR) is 93.8 cm³/mol. The molecule has 3 nitrogen and oxygen atoms in total. The minimum atomic E-state index is -4.36. The number of halogens is 3. The van der Waals surface area contributed by atoms with Gasteiger partial charge in [-0.3, -0.25) is 0 Å². The van der Waals surface area contributed by atoms with E-state index in [9.17, 15) is 13.2 Å². The molecule has 0 radical (unpaired) electrons. The van der Waals surface area contributed by atoms with Crippen LogP contribution in [0.15, 0.2) is 36.4 Å². The lowest BCUT2D eigenvalue weighted by Gasteiger charge is -2.29. The van der Waals surface area contributed by atoms with E-state index < -0.39 is 11.7 Å². The average molecular weight is 365 g/mol. The fourth-order valence-corrected chi connectivity index (χ4v) is 3.29. The summed E-state index contributed by atoms with van der Waals surface area (Å²) in [6.45, 7) is 5.49. The third kappa shape index (κ3) is 3.80. The molecule has 0 saturated heterocycles. The zero-order valence-corrected chi connectivity index (χ0v) is 14.8. The number of benzene rings is 2. The molecule has 1 atom stereocenters. The number of hydrogen-bond donors (Lipinski definition) is 1. The molecule has 0 bridgehead atoms. The van der Waals surface area contributed by atoms with Crippen LogP contribution < -0.4 is 14.8 Å². The van der Waals surface area contributed by atoms with Crippen molar-refractivity contribution >= 4 is 0 Å². The van der Waals surface area contributed by atoms with Crippen LogP contribution in [-0.2, 0) is 12.6 Å². The summed E-state index contributed by atoms with van der Waals surface area (Å²) in [5, 5.41) is 3.33. The molecule has 1 heterocycles. The van der Waals surface area contributed by atoms with Crippen molar-refractivity contribution in [2.24, 2.45) is 0 Å². The van der Waals surface area contributed by atoms with Gasteiger partial charge in [-0.15, -0.1) is 0 Å². The van der Waals surface area contributed by atoms with Gasteiger partial charge >= 0.3 is 6.18 Å². The van der Waals surface area contributed by atoms with E-state index in [-0.39, 0.29) is 6.04 Å². The van der Waals surface area contributed by atoms with Crippen molar-refractivity contribution in [3.63, 3.8) is 0 Å². The lowest BCUT2D eigenvalue weighted by atomic mass is 9.88. The van der Waals surface area contributed by atoms with Crippen LogP contribution in [0.4, 0.5) is 13.2 Å². The molecule has 0 unspecified atom stereocenters. The van der Waals surface area contributed by atoms with Crippen molar-refractivity contribution in [3.8, 4) is 11.5 Å². The van der Waals surface area contributed by atoms with E-state index in [0.29, 0.717) is 36.8 Å². The largest absolute Gasteiger partial charge is 0.490 e. The van der Waals surface area contributed by atoms with Crippen LogP contribution >= 0.6 is 0 Å². The number of nitrogens with one attached hydrogen (secondary N) is 1. The highest BCUT2D eigenvalue weighted by Crippen LogP contribution is 2.39. The van der Waals surface area contributed by atoms with Gasteiger partial charge in [-0.2, -0.15) is 13.2 Å². The van der Waals surface area contributed by atoms with E-state index in [2.05, 4.69) is 5.32 Å². The maximum Gasteiger partial charge on any atom is 0.416 e. The average Bonchev–Trinajstić information content (AvgIpc) is 2.61. The summed E-state index contributed by atoms with van der Waals surface area (Å²) >= 11 is 0. The number of fused-ring (bicyclic) bond motifs is 1. The molecule has 1 aliphatic heterocycles. The van der Waals surface area contributed by atoms with Crippen molar-refractivity contribution in [1.82, 2.24) is 5.32 Å². The molecule has 3 rings (SSSR count). The normalized spacial score (nSPS) is 16.9. The van der Waals surface area contributed by atoms with E-state index in [1.54, 1.807) is 6.07 Å². The number of ether oxygens (including phenoxy) is 2. The first-order valence-corrected chi connectivity index (χ1v) is 8.77. The monoisotopic (exact) mass is 365 g/mol. The van der Waals surface area contributed by atoms with E-state index in [0.717, 1.165) is 23.6 Å². The number of alkyl halides is 3. The maximum absolute atomic E-state index is 13.1. The lowest BCUT2D eigenvalue weighted by Crippen LogP contribution is -2.31. The standard InChI is InChI=1S/C20H22F3NO2/c1-3-25-17-11-13-8-9-24-19(16(13)12-18(17)26-4-2)14-6-5-7-15(10-14)20(21,22)23/h5-7,10-12,19,24H,3-4,8-9H2,1-2H3/t19-/m0/s1. The third-order valence-electron chi connectivity index (χ3n) is 4.41. The maximum atomic E-state index is 13.1. The van der Waals surface area contributed by atoms with E-state index in [1.807, 2.05) is 26.0 Å². The van der Waals surface area contributed by atoms with Crippen LogP contribution in [0.2, 0.25) is 0 Å². The first kappa shape index (κ1) is 18.6. The summed E-state index contributed by atoms with van der Waals surface area (Å²) in [7, 11) is 0. The van der Waals surface area contributed by atoms with Crippen molar-refractivity contribution in [2.75, 3.05) is 19.8 Å². The molecule has 0 aliphatic carbocycles. The Kier molecular flexibility index (Phi) is 5.41. The Morgan fingerprint density at radius 1 is 1.04 bits per heavy atom. The molecule has 0 amide bonds. The van der Waals surface area contributed by atoms with Gasteiger partial charge in [-0.25, -0.2) is 0 Å². The molecule has 1 aliphatic rings. The van der Waals surface area contributed by atoms with Gasteiger partial charge in [0.25, 0.3) is 0 Å². The van der Waals surface area contributed by atoms with Gasteiger partial charge in [-0.05, 0) is 61.2 Å². The fraction of sp³-hybridized carbons (Fsp3) is 0.400. The van der Waals surface area contributed by atoms with Crippen LogP contribution in [0, 0.1) is 0 Å². The van der Waals surface area contributed by atoms with Crippen molar-refractivity contribution in [2.45, 2.75) is 32.5 Å². The van der Waals surface area contributed by atoms with Gasteiger partial charge in [0.05, 0.1) is 24.8 Å². The van der Waals surface area contributed by atoms with Gasteiger partial charge in [0.15, 0.2) is 11.5 Å². The molecular weight excluding hydrogens is 343 g/mol. The molecular formula is C20H22F3NO2. The summed E-state index contributed by atoms with van der Waals surface area (Å²) in [6.07, 6.45) is -3.57.